The third-order valence-electron chi connectivity index (χ3n) is 5.44. The molecule has 3 heterocycles. The van der Waals surface area contributed by atoms with Gasteiger partial charge < -0.3 is 0 Å². The first-order chi connectivity index (χ1) is 11.5. The maximum atomic E-state index is 15.7. The highest BCUT2D eigenvalue weighted by molar-refractivity contribution is 9.12. The normalized spacial score (nSPS) is 38.5. The van der Waals surface area contributed by atoms with Crippen LogP contribution in [-0.4, -0.2) is 29.3 Å². The molecule has 1 aromatic heterocycles. The number of allylic oxidation sites excluding steroid dienone is 2. The molecule has 1 aromatic carbocycles. The number of para-hydroxylation sites is 1. The molecule has 2 bridgehead atoms. The standard InChI is InChI=1S/C16H12Br2FN3O2/c17-12-11-9-6-7-10(16(11,19)13(12)18)22-15(24)20(14(23)21(9)22)8-4-2-1-3-5-8/h1-7,9-13H/t9-,10-,11+,12-,13-,16+/m1/s1. The minimum atomic E-state index is -1.58. The summed E-state index contributed by atoms with van der Waals surface area (Å²) in [6.45, 7) is 0. The van der Waals surface area contributed by atoms with Crippen LogP contribution >= 0.6 is 31.9 Å². The molecule has 6 atom stereocenters. The Morgan fingerprint density at radius 3 is 2.38 bits per heavy atom. The largest absolute Gasteiger partial charge is 0.352 e. The van der Waals surface area contributed by atoms with Gasteiger partial charge in [0.1, 0.15) is 6.04 Å². The van der Waals surface area contributed by atoms with Crippen molar-refractivity contribution in [2.24, 2.45) is 5.92 Å². The summed E-state index contributed by atoms with van der Waals surface area (Å²) in [5, 5.41) is 0. The maximum absolute atomic E-state index is 15.7. The van der Waals surface area contributed by atoms with Gasteiger partial charge in [0.2, 0.25) is 0 Å². The van der Waals surface area contributed by atoms with Crippen LogP contribution in [0.3, 0.4) is 0 Å². The smallest absolute Gasteiger partial charge is 0.245 e. The SMILES string of the molecule is O=c1n(-c2ccccc2)c(=O)n2n1[C@@H]1C=C[C@@H]2[C@]2(F)[C@@H]1[C@@H](Br)[C@H]2Br. The Balaban J connectivity index is 1.81. The Morgan fingerprint density at radius 2 is 1.67 bits per heavy atom. The van der Waals surface area contributed by atoms with Crippen molar-refractivity contribution in [2.45, 2.75) is 27.4 Å². The molecule has 2 aromatic rings. The predicted octanol–water partition coefficient (Wildman–Crippen LogP) is 2.33. The van der Waals surface area contributed by atoms with E-state index in [1.807, 2.05) is 12.1 Å². The molecule has 4 aliphatic rings. The van der Waals surface area contributed by atoms with Gasteiger partial charge in [-0.3, -0.25) is 0 Å². The van der Waals surface area contributed by atoms with Gasteiger partial charge in [0.25, 0.3) is 0 Å². The minimum absolute atomic E-state index is 0.0872. The van der Waals surface area contributed by atoms with Gasteiger partial charge in [-0.25, -0.2) is 27.9 Å². The minimum Gasteiger partial charge on any atom is -0.245 e. The molecule has 0 amide bonds. The van der Waals surface area contributed by atoms with E-state index in [1.54, 1.807) is 30.3 Å². The van der Waals surface area contributed by atoms with Crippen LogP contribution in [0, 0.1) is 5.92 Å². The van der Waals surface area contributed by atoms with Gasteiger partial charge in [0.05, 0.1) is 16.6 Å². The second-order valence-corrected chi connectivity index (χ2v) is 8.49. The van der Waals surface area contributed by atoms with Crippen molar-refractivity contribution in [3.05, 3.63) is 63.5 Å². The molecule has 24 heavy (non-hydrogen) atoms. The van der Waals surface area contributed by atoms with E-state index in [0.29, 0.717) is 5.69 Å². The van der Waals surface area contributed by atoms with E-state index in [0.717, 1.165) is 4.57 Å². The van der Waals surface area contributed by atoms with E-state index in [9.17, 15) is 9.59 Å². The van der Waals surface area contributed by atoms with Crippen molar-refractivity contribution in [3.8, 4) is 5.69 Å². The molecule has 124 valence electrons. The maximum Gasteiger partial charge on any atom is 0.352 e. The number of nitrogens with zero attached hydrogens (tertiary/aromatic N) is 3. The van der Waals surface area contributed by atoms with Crippen LogP contribution in [0.25, 0.3) is 5.69 Å². The van der Waals surface area contributed by atoms with E-state index in [1.165, 1.54) is 9.36 Å². The molecule has 8 heteroatoms. The lowest BCUT2D eigenvalue weighted by Crippen LogP contribution is -2.73. The monoisotopic (exact) mass is 455 g/mol. The van der Waals surface area contributed by atoms with E-state index in [-0.39, 0.29) is 10.7 Å². The van der Waals surface area contributed by atoms with Crippen LogP contribution in [0.15, 0.2) is 52.1 Å². The summed E-state index contributed by atoms with van der Waals surface area (Å²) in [7, 11) is 0. The summed E-state index contributed by atoms with van der Waals surface area (Å²) in [5.74, 6) is -0.374. The van der Waals surface area contributed by atoms with Gasteiger partial charge in [-0.15, -0.1) is 0 Å². The Labute approximate surface area is 152 Å². The first-order valence-corrected chi connectivity index (χ1v) is 9.48. The van der Waals surface area contributed by atoms with Crippen molar-refractivity contribution in [1.29, 1.82) is 0 Å². The Hall–Kier alpha value is -1.41. The van der Waals surface area contributed by atoms with Gasteiger partial charge in [0, 0.05) is 10.7 Å². The fourth-order valence-electron chi connectivity index (χ4n) is 4.33. The average molecular weight is 457 g/mol. The second-order valence-electron chi connectivity index (χ2n) is 6.44. The molecule has 0 spiro atoms. The molecular weight excluding hydrogens is 445 g/mol. The zero-order valence-corrected chi connectivity index (χ0v) is 15.4. The third kappa shape index (κ3) is 1.46. The van der Waals surface area contributed by atoms with Crippen molar-refractivity contribution >= 4 is 31.9 Å². The van der Waals surface area contributed by atoms with Gasteiger partial charge >= 0.3 is 11.4 Å². The van der Waals surface area contributed by atoms with Crippen LogP contribution in [0.5, 0.6) is 0 Å². The van der Waals surface area contributed by atoms with E-state index in [2.05, 4.69) is 31.9 Å². The van der Waals surface area contributed by atoms with Crippen molar-refractivity contribution in [1.82, 2.24) is 13.9 Å². The van der Waals surface area contributed by atoms with Gasteiger partial charge in [-0.05, 0) is 12.1 Å². The fraction of sp³-hybridized carbons (Fsp3) is 0.375. The number of alkyl halides is 3. The summed E-state index contributed by atoms with van der Waals surface area (Å²) in [6, 6.07) is 7.49. The number of hydrogen-bond acceptors (Lipinski definition) is 2. The quantitative estimate of drug-likeness (QED) is 0.488. The molecule has 1 saturated carbocycles. The topological polar surface area (TPSA) is 48.9 Å². The van der Waals surface area contributed by atoms with Gasteiger partial charge in [0.15, 0.2) is 5.67 Å². The zero-order valence-electron chi connectivity index (χ0n) is 12.2. The first kappa shape index (κ1) is 14.9. The highest BCUT2D eigenvalue weighted by Crippen LogP contribution is 2.64. The van der Waals surface area contributed by atoms with Crippen LogP contribution < -0.4 is 11.4 Å². The molecular formula is C16H12Br2FN3O2. The second kappa shape index (κ2) is 4.60. The number of benzene rings is 1. The summed E-state index contributed by atoms with van der Waals surface area (Å²) >= 11 is 6.93. The summed E-state index contributed by atoms with van der Waals surface area (Å²) in [6.07, 6.45) is 3.56. The lowest BCUT2D eigenvalue weighted by molar-refractivity contribution is -0.0929. The molecule has 2 aliphatic carbocycles. The van der Waals surface area contributed by atoms with Crippen LogP contribution in [0.1, 0.15) is 12.1 Å². The molecule has 5 nitrogen and oxygen atoms in total. The van der Waals surface area contributed by atoms with E-state index < -0.39 is 34.0 Å². The molecule has 6 rings (SSSR count). The molecule has 1 fully saturated rings. The molecule has 2 aliphatic heterocycles. The molecule has 0 N–H and O–H groups in total. The Kier molecular flexibility index (Phi) is 2.86. The summed E-state index contributed by atoms with van der Waals surface area (Å²) in [4.78, 5) is 25.3. The van der Waals surface area contributed by atoms with E-state index >= 15 is 4.39 Å². The van der Waals surface area contributed by atoms with Crippen molar-refractivity contribution in [3.63, 3.8) is 0 Å². The number of rotatable bonds is 1. The average Bonchev–Trinajstić information content (AvgIpc) is 2.88. The van der Waals surface area contributed by atoms with Crippen LogP contribution in [0.2, 0.25) is 0 Å². The highest BCUT2D eigenvalue weighted by atomic mass is 79.9. The van der Waals surface area contributed by atoms with Gasteiger partial charge in [-0.1, -0.05) is 62.2 Å². The van der Waals surface area contributed by atoms with Crippen LogP contribution in [-0.2, 0) is 0 Å². The number of hydrogen-bond donors (Lipinski definition) is 0. The molecule has 0 unspecified atom stereocenters. The molecule has 0 saturated heterocycles. The lowest BCUT2D eigenvalue weighted by atomic mass is 9.59. The third-order valence-corrected chi connectivity index (χ3v) is 8.51. The van der Waals surface area contributed by atoms with E-state index in [4.69, 9.17) is 0 Å². The fourth-order valence-corrected chi connectivity index (χ4v) is 6.36. The predicted molar refractivity (Wildman–Crippen MR) is 94.3 cm³/mol. The Bertz CT molecular complexity index is 995. The Morgan fingerprint density at radius 1 is 1.00 bits per heavy atom. The van der Waals surface area contributed by atoms with Crippen LogP contribution in [0.4, 0.5) is 4.39 Å². The molecule has 0 radical (unpaired) electrons. The zero-order chi connectivity index (χ0) is 16.8. The summed E-state index contributed by atoms with van der Waals surface area (Å²) in [5.41, 5.74) is -2.01. The van der Waals surface area contributed by atoms with Gasteiger partial charge in [-0.2, -0.15) is 0 Å². The lowest BCUT2D eigenvalue weighted by Gasteiger charge is -2.61. The summed E-state index contributed by atoms with van der Waals surface area (Å²) < 4.78 is 19.5. The van der Waals surface area contributed by atoms with Crippen molar-refractivity contribution < 1.29 is 4.39 Å². The number of aromatic nitrogens is 3. The number of halogens is 3. The first-order valence-electron chi connectivity index (χ1n) is 7.64. The highest BCUT2D eigenvalue weighted by Gasteiger charge is 2.72. The van der Waals surface area contributed by atoms with Crippen molar-refractivity contribution in [2.75, 3.05) is 0 Å².